The minimum Gasteiger partial charge on any atom is -0.497 e. The molecule has 2 aromatic rings. The predicted octanol–water partition coefficient (Wildman–Crippen LogP) is 3.14. The Kier molecular flexibility index (Phi) is 7.24. The molecule has 1 amide bonds. The highest BCUT2D eigenvalue weighted by molar-refractivity contribution is 5.92. The summed E-state index contributed by atoms with van der Waals surface area (Å²) in [6.45, 7) is 0.528. The van der Waals surface area contributed by atoms with Crippen LogP contribution in [-0.2, 0) is 4.79 Å². The van der Waals surface area contributed by atoms with Gasteiger partial charge in [0.1, 0.15) is 11.5 Å². The average molecular weight is 354 g/mol. The van der Waals surface area contributed by atoms with Gasteiger partial charge in [0.05, 0.1) is 20.3 Å². The van der Waals surface area contributed by atoms with E-state index in [1.807, 2.05) is 44.4 Å². The van der Waals surface area contributed by atoms with Gasteiger partial charge >= 0.3 is 0 Å². The van der Waals surface area contributed by atoms with Crippen molar-refractivity contribution < 1.29 is 14.3 Å². The molecule has 5 nitrogen and oxygen atoms in total. The van der Waals surface area contributed by atoms with E-state index in [1.165, 1.54) is 11.6 Å². The van der Waals surface area contributed by atoms with E-state index >= 15 is 0 Å². The average Bonchev–Trinajstić information content (AvgIpc) is 2.66. The molecule has 0 unspecified atom stereocenters. The normalized spacial score (nSPS) is 12.2. The fraction of sp³-hybridized carbons (Fsp3) is 0.286. The summed E-state index contributed by atoms with van der Waals surface area (Å²) < 4.78 is 10.5. The summed E-state index contributed by atoms with van der Waals surface area (Å²) in [5, 5.41) is 2.96. The predicted molar refractivity (Wildman–Crippen MR) is 104 cm³/mol. The maximum absolute atomic E-state index is 12.2. The minimum atomic E-state index is -0.148. The number of ether oxygens (including phenoxy) is 2. The van der Waals surface area contributed by atoms with Gasteiger partial charge in [-0.15, -0.1) is 0 Å². The van der Waals surface area contributed by atoms with Crippen molar-refractivity contribution in [3.63, 3.8) is 0 Å². The standard InChI is InChI=1S/C21H26N2O3/c1-23(2)19(16-8-6-5-7-9-16)15-22-21(24)13-11-17-10-12-18(25-3)14-20(17)26-4/h5-14,19H,15H2,1-4H3,(H,22,24)/b13-11+/t19-/m1/s1. The topological polar surface area (TPSA) is 50.8 Å². The van der Waals surface area contributed by atoms with Gasteiger partial charge in [-0.05, 0) is 37.9 Å². The fourth-order valence-corrected chi connectivity index (χ4v) is 2.65. The molecule has 5 heteroatoms. The maximum Gasteiger partial charge on any atom is 0.244 e. The van der Waals surface area contributed by atoms with Crippen LogP contribution in [0.1, 0.15) is 17.2 Å². The third kappa shape index (κ3) is 5.36. The molecule has 2 aromatic carbocycles. The van der Waals surface area contributed by atoms with E-state index in [1.54, 1.807) is 26.4 Å². The molecule has 0 fully saturated rings. The van der Waals surface area contributed by atoms with Crippen LogP contribution in [0.4, 0.5) is 0 Å². The van der Waals surface area contributed by atoms with Crippen molar-refractivity contribution in [2.75, 3.05) is 34.9 Å². The zero-order chi connectivity index (χ0) is 18.9. The highest BCUT2D eigenvalue weighted by Gasteiger charge is 2.14. The van der Waals surface area contributed by atoms with Gasteiger partial charge in [-0.1, -0.05) is 30.3 Å². The number of hydrogen-bond donors (Lipinski definition) is 1. The second kappa shape index (κ2) is 9.63. The highest BCUT2D eigenvalue weighted by Crippen LogP contribution is 2.25. The van der Waals surface area contributed by atoms with Gasteiger partial charge in [-0.25, -0.2) is 0 Å². The van der Waals surface area contributed by atoms with E-state index in [-0.39, 0.29) is 11.9 Å². The molecule has 1 N–H and O–H groups in total. The van der Waals surface area contributed by atoms with Gasteiger partial charge in [-0.2, -0.15) is 0 Å². The Bertz CT molecular complexity index is 742. The van der Waals surface area contributed by atoms with Crippen LogP contribution in [-0.4, -0.2) is 45.7 Å². The Labute approximate surface area is 155 Å². The van der Waals surface area contributed by atoms with Crippen LogP contribution < -0.4 is 14.8 Å². The number of methoxy groups -OCH3 is 2. The lowest BCUT2D eigenvalue weighted by Gasteiger charge is -2.24. The van der Waals surface area contributed by atoms with Crippen LogP contribution in [0.2, 0.25) is 0 Å². The SMILES string of the molecule is COc1ccc(/C=C/C(=O)NC[C@H](c2ccccc2)N(C)C)c(OC)c1. The minimum absolute atomic E-state index is 0.115. The number of amides is 1. The number of rotatable bonds is 8. The van der Waals surface area contributed by atoms with Crippen molar-refractivity contribution >= 4 is 12.0 Å². The van der Waals surface area contributed by atoms with Crippen molar-refractivity contribution in [2.45, 2.75) is 6.04 Å². The second-order valence-electron chi connectivity index (χ2n) is 6.08. The first-order valence-corrected chi connectivity index (χ1v) is 8.44. The largest absolute Gasteiger partial charge is 0.497 e. The number of likely N-dealkylation sites (N-methyl/N-ethyl adjacent to an activating group) is 1. The summed E-state index contributed by atoms with van der Waals surface area (Å²) in [6.07, 6.45) is 3.25. The third-order valence-corrected chi connectivity index (χ3v) is 4.13. The Hall–Kier alpha value is -2.79. The second-order valence-corrected chi connectivity index (χ2v) is 6.08. The molecule has 0 aliphatic heterocycles. The first-order chi connectivity index (χ1) is 12.5. The zero-order valence-electron chi connectivity index (χ0n) is 15.7. The van der Waals surface area contributed by atoms with E-state index in [0.29, 0.717) is 18.0 Å². The lowest BCUT2D eigenvalue weighted by molar-refractivity contribution is -0.116. The molecular weight excluding hydrogens is 328 g/mol. The number of nitrogens with one attached hydrogen (secondary N) is 1. The van der Waals surface area contributed by atoms with Gasteiger partial charge in [-0.3, -0.25) is 4.79 Å². The van der Waals surface area contributed by atoms with Gasteiger partial charge < -0.3 is 19.7 Å². The number of nitrogens with zero attached hydrogens (tertiary/aromatic N) is 1. The zero-order valence-corrected chi connectivity index (χ0v) is 15.7. The maximum atomic E-state index is 12.2. The van der Waals surface area contributed by atoms with Gasteiger partial charge in [0, 0.05) is 24.3 Å². The Balaban J connectivity index is 2.00. The summed E-state index contributed by atoms with van der Waals surface area (Å²) >= 11 is 0. The van der Waals surface area contributed by atoms with Crippen LogP contribution in [0.25, 0.3) is 6.08 Å². The van der Waals surface area contributed by atoms with Crippen LogP contribution >= 0.6 is 0 Å². The summed E-state index contributed by atoms with van der Waals surface area (Å²) in [4.78, 5) is 14.3. The summed E-state index contributed by atoms with van der Waals surface area (Å²) in [5.41, 5.74) is 1.98. The molecule has 1 atom stereocenters. The molecule has 0 aliphatic rings. The van der Waals surface area contributed by atoms with Crippen molar-refractivity contribution in [3.8, 4) is 11.5 Å². The Morgan fingerprint density at radius 3 is 2.46 bits per heavy atom. The van der Waals surface area contributed by atoms with Crippen LogP contribution in [0, 0.1) is 0 Å². The Morgan fingerprint density at radius 1 is 1.12 bits per heavy atom. The monoisotopic (exact) mass is 354 g/mol. The van der Waals surface area contributed by atoms with Crippen LogP contribution in [0.3, 0.4) is 0 Å². The van der Waals surface area contributed by atoms with E-state index in [0.717, 1.165) is 5.56 Å². The van der Waals surface area contributed by atoms with Crippen LogP contribution in [0.15, 0.2) is 54.6 Å². The molecule has 0 radical (unpaired) electrons. The number of benzene rings is 2. The molecule has 138 valence electrons. The van der Waals surface area contributed by atoms with Gasteiger partial charge in [0.25, 0.3) is 0 Å². The van der Waals surface area contributed by atoms with Crippen LogP contribution in [0.5, 0.6) is 11.5 Å². The summed E-state index contributed by atoms with van der Waals surface area (Å²) in [7, 11) is 7.20. The fourth-order valence-electron chi connectivity index (χ4n) is 2.65. The number of carbonyl (C=O) groups excluding carboxylic acids is 1. The van der Waals surface area contributed by atoms with E-state index in [9.17, 15) is 4.79 Å². The van der Waals surface area contributed by atoms with E-state index < -0.39 is 0 Å². The molecule has 26 heavy (non-hydrogen) atoms. The quantitative estimate of drug-likeness (QED) is 0.740. The molecule has 0 saturated carbocycles. The van der Waals surface area contributed by atoms with Crippen molar-refractivity contribution in [3.05, 3.63) is 65.7 Å². The lowest BCUT2D eigenvalue weighted by atomic mass is 10.1. The molecule has 0 saturated heterocycles. The van der Waals surface area contributed by atoms with E-state index in [2.05, 4.69) is 22.3 Å². The first kappa shape index (κ1) is 19.5. The van der Waals surface area contributed by atoms with Gasteiger partial charge in [0.2, 0.25) is 5.91 Å². The highest BCUT2D eigenvalue weighted by atomic mass is 16.5. The molecule has 0 aliphatic carbocycles. The molecule has 0 heterocycles. The lowest BCUT2D eigenvalue weighted by Crippen LogP contribution is -2.33. The van der Waals surface area contributed by atoms with E-state index in [4.69, 9.17) is 9.47 Å². The molecule has 0 bridgehead atoms. The van der Waals surface area contributed by atoms with Crippen molar-refractivity contribution in [1.82, 2.24) is 10.2 Å². The Morgan fingerprint density at radius 2 is 1.85 bits per heavy atom. The molecule has 0 aromatic heterocycles. The molecule has 2 rings (SSSR count). The molecule has 0 spiro atoms. The molecular formula is C21H26N2O3. The third-order valence-electron chi connectivity index (χ3n) is 4.13. The summed E-state index contributed by atoms with van der Waals surface area (Å²) in [5.74, 6) is 1.22. The van der Waals surface area contributed by atoms with Gasteiger partial charge in [0.15, 0.2) is 0 Å². The number of carbonyl (C=O) groups is 1. The van der Waals surface area contributed by atoms with Crippen molar-refractivity contribution in [2.24, 2.45) is 0 Å². The smallest absolute Gasteiger partial charge is 0.244 e. The number of hydrogen-bond acceptors (Lipinski definition) is 4. The van der Waals surface area contributed by atoms with Crippen molar-refractivity contribution in [1.29, 1.82) is 0 Å². The summed E-state index contributed by atoms with van der Waals surface area (Å²) in [6, 6.07) is 15.7. The first-order valence-electron chi connectivity index (χ1n) is 8.44.